The predicted octanol–water partition coefficient (Wildman–Crippen LogP) is 4.02. The molecule has 0 spiro atoms. The Balaban J connectivity index is 1.45. The highest BCUT2D eigenvalue weighted by Crippen LogP contribution is 2.26. The summed E-state index contributed by atoms with van der Waals surface area (Å²) in [6, 6.07) is 15.6. The van der Waals surface area contributed by atoms with Crippen molar-refractivity contribution in [2.45, 2.75) is 13.0 Å². The fourth-order valence-electron chi connectivity index (χ4n) is 2.75. The number of nitrogens with zero attached hydrogens (tertiary/aromatic N) is 3. The second kappa shape index (κ2) is 7.87. The number of ether oxygens (including phenoxy) is 1. The summed E-state index contributed by atoms with van der Waals surface area (Å²) in [5.41, 5.74) is 8.36. The van der Waals surface area contributed by atoms with Crippen LogP contribution in [0, 0.1) is 5.82 Å². The first kappa shape index (κ1) is 17.7. The minimum atomic E-state index is -0.371. The maximum atomic E-state index is 14.5. The van der Waals surface area contributed by atoms with E-state index < -0.39 is 0 Å². The third-order valence-corrected chi connectivity index (χ3v) is 4.17. The molecular formula is C21H17FN4O2. The molecule has 0 aliphatic carbocycles. The molecule has 6 nitrogen and oxygen atoms in total. The zero-order valence-electron chi connectivity index (χ0n) is 14.9. The Labute approximate surface area is 160 Å². The van der Waals surface area contributed by atoms with E-state index in [0.29, 0.717) is 34.1 Å². The van der Waals surface area contributed by atoms with E-state index in [4.69, 9.17) is 15.0 Å². The average Bonchev–Trinajstić information content (AvgIpc) is 3.18. The summed E-state index contributed by atoms with van der Waals surface area (Å²) >= 11 is 0. The van der Waals surface area contributed by atoms with Crippen molar-refractivity contribution in [1.29, 1.82) is 0 Å². The van der Waals surface area contributed by atoms with Crippen LogP contribution in [0.5, 0.6) is 5.75 Å². The number of nitrogen functional groups attached to an aromatic ring is 1. The quantitative estimate of drug-likeness (QED) is 0.547. The molecule has 0 bridgehead atoms. The summed E-state index contributed by atoms with van der Waals surface area (Å²) in [6.07, 6.45) is 3.58. The Hall–Kier alpha value is -3.74. The molecule has 4 rings (SSSR count). The van der Waals surface area contributed by atoms with Gasteiger partial charge in [-0.2, -0.15) is 0 Å². The van der Waals surface area contributed by atoms with Crippen LogP contribution in [0.2, 0.25) is 0 Å². The molecule has 3 heterocycles. The fraction of sp³-hybridized carbons (Fsp3) is 0.0952. The van der Waals surface area contributed by atoms with E-state index >= 15 is 0 Å². The van der Waals surface area contributed by atoms with Gasteiger partial charge < -0.3 is 15.0 Å². The van der Waals surface area contributed by atoms with Gasteiger partial charge in [0.1, 0.15) is 24.0 Å². The Morgan fingerprint density at radius 3 is 2.64 bits per heavy atom. The van der Waals surface area contributed by atoms with Gasteiger partial charge in [0.15, 0.2) is 5.76 Å². The number of pyridine rings is 2. The van der Waals surface area contributed by atoms with Crippen LogP contribution in [-0.4, -0.2) is 15.1 Å². The van der Waals surface area contributed by atoms with Crippen molar-refractivity contribution in [3.63, 3.8) is 0 Å². The zero-order valence-corrected chi connectivity index (χ0v) is 14.9. The van der Waals surface area contributed by atoms with Gasteiger partial charge >= 0.3 is 0 Å². The van der Waals surface area contributed by atoms with Gasteiger partial charge in [-0.25, -0.2) is 9.37 Å². The van der Waals surface area contributed by atoms with Gasteiger partial charge in [0.25, 0.3) is 0 Å². The standard InChI is InChI=1S/C21H17FN4O2/c22-19-12-17(27-13-15-4-1-2-8-24-15)7-6-14(19)10-16-11-20(28-26-16)18-5-3-9-25-21(18)23/h1-9,11-12H,10,13H2,(H2,23,25). The molecule has 0 radical (unpaired) electrons. The number of hydrogen-bond donors (Lipinski definition) is 1. The van der Waals surface area contributed by atoms with Crippen molar-refractivity contribution < 1.29 is 13.7 Å². The van der Waals surface area contributed by atoms with Crippen molar-refractivity contribution in [1.82, 2.24) is 15.1 Å². The first-order valence-electron chi connectivity index (χ1n) is 8.66. The van der Waals surface area contributed by atoms with Gasteiger partial charge in [-0.1, -0.05) is 17.3 Å². The van der Waals surface area contributed by atoms with Gasteiger partial charge in [-0.3, -0.25) is 4.98 Å². The largest absolute Gasteiger partial charge is 0.487 e. The van der Waals surface area contributed by atoms with E-state index in [2.05, 4.69) is 15.1 Å². The van der Waals surface area contributed by atoms with Crippen LogP contribution in [0.4, 0.5) is 10.2 Å². The summed E-state index contributed by atoms with van der Waals surface area (Å²) in [5.74, 6) is 0.918. The van der Waals surface area contributed by atoms with Gasteiger partial charge in [0.2, 0.25) is 0 Å². The number of halogens is 1. The fourth-order valence-corrected chi connectivity index (χ4v) is 2.75. The van der Waals surface area contributed by atoms with Crippen LogP contribution in [-0.2, 0) is 13.0 Å². The molecule has 28 heavy (non-hydrogen) atoms. The van der Waals surface area contributed by atoms with Gasteiger partial charge in [0.05, 0.1) is 17.0 Å². The highest BCUT2D eigenvalue weighted by molar-refractivity contribution is 5.69. The molecule has 0 amide bonds. The zero-order chi connectivity index (χ0) is 19.3. The van der Waals surface area contributed by atoms with E-state index in [9.17, 15) is 4.39 Å². The lowest BCUT2D eigenvalue weighted by Crippen LogP contribution is -1.99. The van der Waals surface area contributed by atoms with Gasteiger partial charge in [-0.05, 0) is 35.9 Å². The molecule has 0 aliphatic rings. The SMILES string of the molecule is Nc1ncccc1-c1cc(Cc2ccc(OCc3ccccn3)cc2F)no1. The molecular weight excluding hydrogens is 359 g/mol. The van der Waals surface area contributed by atoms with Crippen LogP contribution in [0.1, 0.15) is 17.0 Å². The number of nitrogens with two attached hydrogens (primary N) is 1. The molecule has 0 unspecified atom stereocenters. The van der Waals surface area contributed by atoms with Gasteiger partial charge in [-0.15, -0.1) is 0 Å². The molecule has 4 aromatic rings. The second-order valence-electron chi connectivity index (χ2n) is 6.16. The summed E-state index contributed by atoms with van der Waals surface area (Å²) in [7, 11) is 0. The number of anilines is 1. The lowest BCUT2D eigenvalue weighted by molar-refractivity contribution is 0.299. The molecule has 140 valence electrons. The van der Waals surface area contributed by atoms with Crippen molar-refractivity contribution in [2.75, 3.05) is 5.73 Å². The Bertz CT molecular complexity index is 1080. The minimum absolute atomic E-state index is 0.277. The molecule has 2 N–H and O–H groups in total. The molecule has 0 saturated heterocycles. The monoisotopic (exact) mass is 376 g/mol. The average molecular weight is 376 g/mol. The maximum absolute atomic E-state index is 14.5. The van der Waals surface area contributed by atoms with Crippen LogP contribution in [0.15, 0.2) is 71.5 Å². The smallest absolute Gasteiger partial charge is 0.170 e. The highest BCUT2D eigenvalue weighted by atomic mass is 19.1. The van der Waals surface area contributed by atoms with Crippen LogP contribution < -0.4 is 10.5 Å². The molecule has 0 fully saturated rings. The number of benzene rings is 1. The van der Waals surface area contributed by atoms with Crippen LogP contribution in [0.25, 0.3) is 11.3 Å². The summed E-state index contributed by atoms with van der Waals surface area (Å²) in [6.45, 7) is 0.277. The van der Waals surface area contributed by atoms with E-state index in [-0.39, 0.29) is 18.8 Å². The molecule has 7 heteroatoms. The minimum Gasteiger partial charge on any atom is -0.487 e. The van der Waals surface area contributed by atoms with E-state index in [0.717, 1.165) is 5.69 Å². The third-order valence-electron chi connectivity index (χ3n) is 4.17. The van der Waals surface area contributed by atoms with E-state index in [1.54, 1.807) is 42.7 Å². The molecule has 0 atom stereocenters. The van der Waals surface area contributed by atoms with E-state index in [1.807, 2.05) is 18.2 Å². The Morgan fingerprint density at radius 2 is 1.86 bits per heavy atom. The van der Waals surface area contributed by atoms with Crippen molar-refractivity contribution in [2.24, 2.45) is 0 Å². The summed E-state index contributed by atoms with van der Waals surface area (Å²) in [4.78, 5) is 8.20. The van der Waals surface area contributed by atoms with Crippen molar-refractivity contribution in [3.8, 4) is 17.1 Å². The van der Waals surface area contributed by atoms with Crippen LogP contribution >= 0.6 is 0 Å². The number of rotatable bonds is 6. The van der Waals surface area contributed by atoms with Gasteiger partial charge in [0, 0.05) is 30.9 Å². The lowest BCUT2D eigenvalue weighted by Gasteiger charge is -2.07. The molecule has 3 aromatic heterocycles. The highest BCUT2D eigenvalue weighted by Gasteiger charge is 2.13. The lowest BCUT2D eigenvalue weighted by atomic mass is 10.1. The van der Waals surface area contributed by atoms with Crippen molar-refractivity contribution in [3.05, 3.63) is 89.8 Å². The first-order valence-corrected chi connectivity index (χ1v) is 8.66. The maximum Gasteiger partial charge on any atom is 0.170 e. The normalized spacial score (nSPS) is 10.8. The number of hydrogen-bond acceptors (Lipinski definition) is 6. The van der Waals surface area contributed by atoms with E-state index in [1.165, 1.54) is 6.07 Å². The third kappa shape index (κ3) is 3.98. The summed E-state index contributed by atoms with van der Waals surface area (Å²) < 4.78 is 25.4. The predicted molar refractivity (Wildman–Crippen MR) is 102 cm³/mol. The molecule has 0 saturated carbocycles. The summed E-state index contributed by atoms with van der Waals surface area (Å²) in [5, 5.41) is 4.00. The second-order valence-corrected chi connectivity index (χ2v) is 6.16. The Morgan fingerprint density at radius 1 is 0.964 bits per heavy atom. The Kier molecular flexibility index (Phi) is 4.97. The molecule has 0 aliphatic heterocycles. The van der Waals surface area contributed by atoms with Crippen molar-refractivity contribution >= 4 is 5.82 Å². The molecule has 1 aromatic carbocycles. The first-order chi connectivity index (χ1) is 13.7. The van der Waals surface area contributed by atoms with Crippen LogP contribution in [0.3, 0.4) is 0 Å². The number of aromatic nitrogens is 3. The topological polar surface area (TPSA) is 87.1 Å².